The molecule has 0 bridgehead atoms. The summed E-state index contributed by atoms with van der Waals surface area (Å²) < 4.78 is 1.75. The minimum Gasteiger partial charge on any atom is -0.372 e. The van der Waals surface area contributed by atoms with Crippen LogP contribution in [0.4, 0.5) is 5.69 Å². The van der Waals surface area contributed by atoms with Crippen molar-refractivity contribution in [3.63, 3.8) is 0 Å². The SMILES string of the molecule is C=C1c2ccccc2C(=O)c2c1nnn2CCCc1ccc(N2CCCCC2)cc1. The fourth-order valence-corrected chi connectivity index (χ4v) is 4.56. The number of aromatic nitrogens is 3. The molecule has 5 nitrogen and oxygen atoms in total. The van der Waals surface area contributed by atoms with Crippen molar-refractivity contribution in [3.8, 4) is 0 Å². The van der Waals surface area contributed by atoms with E-state index in [4.69, 9.17) is 0 Å². The van der Waals surface area contributed by atoms with Crippen LogP contribution in [0.15, 0.2) is 55.1 Å². The number of rotatable bonds is 5. The van der Waals surface area contributed by atoms with E-state index in [0.717, 1.165) is 24.0 Å². The van der Waals surface area contributed by atoms with Crippen LogP contribution in [-0.2, 0) is 13.0 Å². The second-order valence-corrected chi connectivity index (χ2v) is 8.18. The van der Waals surface area contributed by atoms with Crippen LogP contribution in [0.1, 0.15) is 58.6 Å². The molecule has 0 spiro atoms. The number of piperidine rings is 1. The first-order valence-electron chi connectivity index (χ1n) is 10.8. The molecular weight excluding hydrogens is 372 g/mol. The van der Waals surface area contributed by atoms with E-state index < -0.39 is 0 Å². The van der Waals surface area contributed by atoms with Gasteiger partial charge in [-0.05, 0) is 55.4 Å². The number of anilines is 1. The van der Waals surface area contributed by atoms with E-state index in [1.54, 1.807) is 4.68 Å². The van der Waals surface area contributed by atoms with Gasteiger partial charge < -0.3 is 4.90 Å². The van der Waals surface area contributed by atoms with Crippen LogP contribution in [0, 0.1) is 0 Å². The third-order valence-corrected chi connectivity index (χ3v) is 6.23. The van der Waals surface area contributed by atoms with Gasteiger partial charge in [0.1, 0.15) is 11.4 Å². The van der Waals surface area contributed by atoms with Gasteiger partial charge in [0.2, 0.25) is 5.78 Å². The first-order chi connectivity index (χ1) is 14.7. The molecule has 1 fully saturated rings. The first-order valence-corrected chi connectivity index (χ1v) is 10.8. The molecule has 1 aliphatic carbocycles. The van der Waals surface area contributed by atoms with Gasteiger partial charge in [0.15, 0.2) is 0 Å². The number of hydrogen-bond donors (Lipinski definition) is 0. The highest BCUT2D eigenvalue weighted by Crippen LogP contribution is 2.33. The Morgan fingerprint density at radius 3 is 2.43 bits per heavy atom. The summed E-state index contributed by atoms with van der Waals surface area (Å²) >= 11 is 0. The second kappa shape index (κ2) is 7.90. The lowest BCUT2D eigenvalue weighted by atomic mass is 9.88. The maximum Gasteiger partial charge on any atom is 0.213 e. The molecule has 2 aromatic carbocycles. The Morgan fingerprint density at radius 1 is 0.933 bits per heavy atom. The van der Waals surface area contributed by atoms with Crippen LogP contribution < -0.4 is 4.90 Å². The van der Waals surface area contributed by atoms with E-state index in [1.165, 1.54) is 43.6 Å². The van der Waals surface area contributed by atoms with Crippen LogP contribution in [0.2, 0.25) is 0 Å². The molecule has 0 N–H and O–H groups in total. The zero-order valence-electron chi connectivity index (χ0n) is 17.2. The minimum absolute atomic E-state index is 0.0103. The lowest BCUT2D eigenvalue weighted by Gasteiger charge is -2.28. The minimum atomic E-state index is -0.0103. The zero-order chi connectivity index (χ0) is 20.5. The summed E-state index contributed by atoms with van der Waals surface area (Å²) in [5, 5.41) is 8.53. The van der Waals surface area contributed by atoms with Gasteiger partial charge in [-0.25, -0.2) is 4.68 Å². The predicted octanol–water partition coefficient (Wildman–Crippen LogP) is 4.51. The molecule has 5 heteroatoms. The molecule has 152 valence electrons. The summed E-state index contributed by atoms with van der Waals surface area (Å²) in [5.41, 5.74) is 6.14. The van der Waals surface area contributed by atoms with Crippen molar-refractivity contribution in [1.82, 2.24) is 15.0 Å². The van der Waals surface area contributed by atoms with E-state index in [2.05, 4.69) is 46.1 Å². The van der Waals surface area contributed by atoms with Gasteiger partial charge in [0.05, 0.1) is 0 Å². The molecule has 0 atom stereocenters. The molecule has 0 unspecified atom stereocenters. The molecule has 0 radical (unpaired) electrons. The van der Waals surface area contributed by atoms with Crippen molar-refractivity contribution in [2.45, 2.75) is 38.6 Å². The fourth-order valence-electron chi connectivity index (χ4n) is 4.56. The Balaban J connectivity index is 1.25. The van der Waals surface area contributed by atoms with Crippen LogP contribution >= 0.6 is 0 Å². The molecule has 30 heavy (non-hydrogen) atoms. The van der Waals surface area contributed by atoms with Crippen LogP contribution in [0.25, 0.3) is 5.57 Å². The Labute approximate surface area is 177 Å². The molecule has 1 aromatic heterocycles. The summed E-state index contributed by atoms with van der Waals surface area (Å²) in [6, 6.07) is 16.5. The average Bonchev–Trinajstić information content (AvgIpc) is 3.23. The number of nitrogens with zero attached hydrogens (tertiary/aromatic N) is 4. The predicted molar refractivity (Wildman–Crippen MR) is 119 cm³/mol. The Morgan fingerprint density at radius 2 is 1.67 bits per heavy atom. The average molecular weight is 399 g/mol. The van der Waals surface area contributed by atoms with Crippen molar-refractivity contribution in [2.24, 2.45) is 0 Å². The standard InChI is InChI=1S/C25H26N4O/c1-18-21-9-3-4-10-22(21)25(30)24-23(18)26-27-29(24)17-7-8-19-11-13-20(14-12-19)28-15-5-2-6-16-28/h3-4,9-14H,1-2,5-8,15-17H2. The van der Waals surface area contributed by atoms with Crippen molar-refractivity contribution in [1.29, 1.82) is 0 Å². The molecule has 2 aliphatic rings. The second-order valence-electron chi connectivity index (χ2n) is 8.18. The maximum absolute atomic E-state index is 13.0. The van der Waals surface area contributed by atoms with Crippen LogP contribution in [0.5, 0.6) is 0 Å². The van der Waals surface area contributed by atoms with Gasteiger partial charge in [-0.2, -0.15) is 0 Å². The van der Waals surface area contributed by atoms with E-state index in [9.17, 15) is 4.79 Å². The molecule has 5 rings (SSSR count). The molecule has 3 aromatic rings. The Kier molecular flexibility index (Phi) is 4.95. The van der Waals surface area contributed by atoms with Gasteiger partial charge in [0, 0.05) is 36.5 Å². The molecule has 2 heterocycles. The number of benzene rings is 2. The van der Waals surface area contributed by atoms with Crippen LogP contribution in [-0.4, -0.2) is 33.9 Å². The zero-order valence-corrected chi connectivity index (χ0v) is 17.2. The van der Waals surface area contributed by atoms with Gasteiger partial charge >= 0.3 is 0 Å². The van der Waals surface area contributed by atoms with Crippen molar-refractivity contribution in [3.05, 3.63) is 83.2 Å². The van der Waals surface area contributed by atoms with Gasteiger partial charge in [-0.1, -0.05) is 48.2 Å². The highest BCUT2D eigenvalue weighted by atomic mass is 16.1. The number of fused-ring (bicyclic) bond motifs is 2. The summed E-state index contributed by atoms with van der Waals surface area (Å²) in [4.78, 5) is 15.5. The lowest BCUT2D eigenvalue weighted by Crippen LogP contribution is -2.29. The molecular formula is C25H26N4O. The summed E-state index contributed by atoms with van der Waals surface area (Å²) in [6.45, 7) is 7.14. The molecule has 1 saturated heterocycles. The lowest BCUT2D eigenvalue weighted by molar-refractivity contribution is 0.102. The number of hydrogen-bond acceptors (Lipinski definition) is 4. The number of carbonyl (C=O) groups excluding carboxylic acids is 1. The molecule has 1 aliphatic heterocycles. The summed E-state index contributed by atoms with van der Waals surface area (Å²) in [5.74, 6) is -0.0103. The van der Waals surface area contributed by atoms with Crippen molar-refractivity contribution in [2.75, 3.05) is 18.0 Å². The number of carbonyl (C=O) groups is 1. The largest absolute Gasteiger partial charge is 0.372 e. The van der Waals surface area contributed by atoms with Crippen LogP contribution in [0.3, 0.4) is 0 Å². The Hall–Kier alpha value is -3.21. The first kappa shape index (κ1) is 18.8. The van der Waals surface area contributed by atoms with Gasteiger partial charge in [-0.3, -0.25) is 4.79 Å². The van der Waals surface area contributed by atoms with E-state index in [-0.39, 0.29) is 5.78 Å². The fraction of sp³-hybridized carbons (Fsp3) is 0.320. The van der Waals surface area contributed by atoms with E-state index >= 15 is 0 Å². The molecule has 0 saturated carbocycles. The number of ketones is 1. The monoisotopic (exact) mass is 398 g/mol. The molecule has 0 amide bonds. The van der Waals surface area contributed by atoms with E-state index in [0.29, 0.717) is 23.5 Å². The highest BCUT2D eigenvalue weighted by Gasteiger charge is 2.31. The van der Waals surface area contributed by atoms with Crippen molar-refractivity contribution >= 4 is 17.0 Å². The maximum atomic E-state index is 13.0. The quantitative estimate of drug-likeness (QED) is 0.496. The van der Waals surface area contributed by atoms with E-state index in [1.807, 2.05) is 24.3 Å². The van der Waals surface area contributed by atoms with Gasteiger partial charge in [0.25, 0.3) is 0 Å². The van der Waals surface area contributed by atoms with Gasteiger partial charge in [-0.15, -0.1) is 5.10 Å². The number of aryl methyl sites for hydroxylation is 2. The summed E-state index contributed by atoms with van der Waals surface area (Å²) in [7, 11) is 0. The third kappa shape index (κ3) is 3.34. The Bertz CT molecular complexity index is 1090. The topological polar surface area (TPSA) is 51.0 Å². The smallest absolute Gasteiger partial charge is 0.213 e. The normalized spacial score (nSPS) is 15.8. The third-order valence-electron chi connectivity index (χ3n) is 6.23. The summed E-state index contributed by atoms with van der Waals surface area (Å²) in [6.07, 6.45) is 5.78. The van der Waals surface area contributed by atoms with Crippen molar-refractivity contribution < 1.29 is 4.79 Å². The highest BCUT2D eigenvalue weighted by molar-refractivity contribution is 6.17.